The zero-order valence-corrected chi connectivity index (χ0v) is 11.5. The lowest BCUT2D eigenvalue weighted by Gasteiger charge is -1.97. The molecule has 0 atom stereocenters. The van der Waals surface area contributed by atoms with Crippen molar-refractivity contribution in [2.75, 3.05) is 0 Å². The van der Waals surface area contributed by atoms with Gasteiger partial charge in [0.1, 0.15) is 0 Å². The highest BCUT2D eigenvalue weighted by atomic mass is 16.6. The van der Waals surface area contributed by atoms with Crippen molar-refractivity contribution in [1.82, 2.24) is 4.57 Å². The molecule has 0 saturated carbocycles. The first kappa shape index (κ1) is 13.8. The Balaban J connectivity index is 1.94. The molecule has 0 amide bonds. The Morgan fingerprint density at radius 1 is 1.18 bits per heavy atom. The third-order valence-electron chi connectivity index (χ3n) is 3.26. The molecule has 0 radical (unpaired) electrons. The van der Waals surface area contributed by atoms with Crippen molar-refractivity contribution in [2.24, 2.45) is 0 Å². The quantitative estimate of drug-likeness (QED) is 0.547. The fraction of sp³-hybridized carbons (Fsp3) is 0.0625. The summed E-state index contributed by atoms with van der Waals surface area (Å²) in [4.78, 5) is 22.2. The second kappa shape index (κ2) is 5.69. The molecule has 0 aliphatic heterocycles. The van der Waals surface area contributed by atoms with Gasteiger partial charge in [-0.2, -0.15) is 0 Å². The lowest BCUT2D eigenvalue weighted by atomic mass is 10.2. The van der Waals surface area contributed by atoms with Crippen LogP contribution in [0.3, 0.4) is 0 Å². The van der Waals surface area contributed by atoms with E-state index in [0.717, 1.165) is 5.56 Å². The van der Waals surface area contributed by atoms with Gasteiger partial charge in [0.05, 0.1) is 10.4 Å². The van der Waals surface area contributed by atoms with Crippen LogP contribution < -0.4 is 5.76 Å². The minimum Gasteiger partial charge on any atom is -0.408 e. The normalized spacial score (nSPS) is 11.3. The fourth-order valence-corrected chi connectivity index (χ4v) is 2.20. The van der Waals surface area contributed by atoms with Gasteiger partial charge in [0, 0.05) is 18.7 Å². The molecule has 0 aliphatic rings. The van der Waals surface area contributed by atoms with E-state index < -0.39 is 10.7 Å². The predicted octanol–water partition coefficient (Wildman–Crippen LogP) is 3.22. The average Bonchev–Trinajstić information content (AvgIpc) is 2.83. The number of hydrogen-bond donors (Lipinski definition) is 0. The van der Waals surface area contributed by atoms with Crippen LogP contribution in [0.25, 0.3) is 17.2 Å². The van der Waals surface area contributed by atoms with Crippen molar-refractivity contribution in [2.45, 2.75) is 6.54 Å². The summed E-state index contributed by atoms with van der Waals surface area (Å²) in [5.41, 5.74) is 1.68. The third kappa shape index (κ3) is 2.67. The lowest BCUT2D eigenvalue weighted by Crippen LogP contribution is -2.12. The van der Waals surface area contributed by atoms with Gasteiger partial charge in [-0.05, 0) is 11.6 Å². The molecule has 22 heavy (non-hydrogen) atoms. The molecular formula is C16H12N2O4. The van der Waals surface area contributed by atoms with Gasteiger partial charge >= 0.3 is 5.76 Å². The number of allylic oxidation sites excluding steroid dienone is 1. The lowest BCUT2D eigenvalue weighted by molar-refractivity contribution is -0.384. The maximum Gasteiger partial charge on any atom is 0.420 e. The van der Waals surface area contributed by atoms with E-state index in [1.807, 2.05) is 42.5 Å². The largest absolute Gasteiger partial charge is 0.420 e. The van der Waals surface area contributed by atoms with Crippen LogP contribution in [0, 0.1) is 10.1 Å². The van der Waals surface area contributed by atoms with Crippen molar-refractivity contribution in [3.05, 3.63) is 80.8 Å². The van der Waals surface area contributed by atoms with Gasteiger partial charge in [0.15, 0.2) is 5.58 Å². The van der Waals surface area contributed by atoms with E-state index >= 15 is 0 Å². The van der Waals surface area contributed by atoms with Crippen LogP contribution in [0.4, 0.5) is 5.69 Å². The summed E-state index contributed by atoms with van der Waals surface area (Å²) in [7, 11) is 0. The third-order valence-corrected chi connectivity index (χ3v) is 3.26. The van der Waals surface area contributed by atoms with E-state index in [-0.39, 0.29) is 12.2 Å². The van der Waals surface area contributed by atoms with E-state index in [9.17, 15) is 14.9 Å². The van der Waals surface area contributed by atoms with Crippen molar-refractivity contribution < 1.29 is 9.34 Å². The minimum absolute atomic E-state index is 0.0749. The molecule has 6 heteroatoms. The molecule has 3 aromatic rings. The van der Waals surface area contributed by atoms with Crippen molar-refractivity contribution in [3.63, 3.8) is 0 Å². The highest BCUT2D eigenvalue weighted by molar-refractivity contribution is 5.76. The predicted molar refractivity (Wildman–Crippen MR) is 82.6 cm³/mol. The van der Waals surface area contributed by atoms with Crippen LogP contribution in [0.5, 0.6) is 0 Å². The average molecular weight is 296 g/mol. The first-order valence-electron chi connectivity index (χ1n) is 6.64. The summed E-state index contributed by atoms with van der Waals surface area (Å²) in [6, 6.07) is 13.7. The summed E-state index contributed by atoms with van der Waals surface area (Å²) in [6.45, 7) is 0.280. The van der Waals surface area contributed by atoms with Crippen molar-refractivity contribution in [1.29, 1.82) is 0 Å². The topological polar surface area (TPSA) is 78.3 Å². The Labute approximate surface area is 125 Å². The van der Waals surface area contributed by atoms with Gasteiger partial charge in [-0.15, -0.1) is 0 Å². The van der Waals surface area contributed by atoms with Crippen molar-refractivity contribution in [3.8, 4) is 0 Å². The van der Waals surface area contributed by atoms with Gasteiger partial charge in [-0.25, -0.2) is 4.79 Å². The van der Waals surface area contributed by atoms with Crippen LogP contribution in [0.15, 0.2) is 63.8 Å². The summed E-state index contributed by atoms with van der Waals surface area (Å²) < 4.78 is 6.45. The number of oxazole rings is 1. The Bertz CT molecular complexity index is 907. The van der Waals surface area contributed by atoms with Gasteiger partial charge < -0.3 is 4.42 Å². The SMILES string of the molecule is O=c1oc2ccc([N+](=O)[O-])cc2n1C/C=C/c1ccccc1. The standard InChI is InChI=1S/C16H12N2O4/c19-16-17(10-4-7-12-5-2-1-3-6-12)14-11-13(18(20)21)8-9-15(14)22-16/h1-9,11H,10H2/b7-4+. The Morgan fingerprint density at radius 3 is 2.68 bits per heavy atom. The van der Waals surface area contributed by atoms with Crippen LogP contribution >= 0.6 is 0 Å². The smallest absolute Gasteiger partial charge is 0.408 e. The number of aromatic nitrogens is 1. The Morgan fingerprint density at radius 2 is 1.95 bits per heavy atom. The Hall–Kier alpha value is -3.15. The van der Waals surface area contributed by atoms with E-state index in [0.29, 0.717) is 11.1 Å². The summed E-state index contributed by atoms with van der Waals surface area (Å²) in [5.74, 6) is -0.534. The van der Waals surface area contributed by atoms with E-state index in [2.05, 4.69) is 0 Å². The molecule has 0 bridgehead atoms. The molecule has 2 aromatic carbocycles. The molecule has 0 fully saturated rings. The first-order chi connectivity index (χ1) is 10.6. The Kier molecular flexibility index (Phi) is 3.57. The molecule has 0 saturated heterocycles. The maximum absolute atomic E-state index is 11.9. The van der Waals surface area contributed by atoms with Crippen LogP contribution in [0.1, 0.15) is 5.56 Å². The number of fused-ring (bicyclic) bond motifs is 1. The zero-order chi connectivity index (χ0) is 15.5. The number of nitro benzene ring substituents is 1. The minimum atomic E-state index is -0.534. The van der Waals surface area contributed by atoms with E-state index in [1.54, 1.807) is 0 Å². The van der Waals surface area contributed by atoms with Crippen molar-refractivity contribution >= 4 is 22.9 Å². The highest BCUT2D eigenvalue weighted by Gasteiger charge is 2.13. The highest BCUT2D eigenvalue weighted by Crippen LogP contribution is 2.20. The summed E-state index contributed by atoms with van der Waals surface area (Å²) in [6.07, 6.45) is 3.69. The van der Waals surface area contributed by atoms with E-state index in [1.165, 1.54) is 22.8 Å². The molecule has 1 heterocycles. The zero-order valence-electron chi connectivity index (χ0n) is 11.5. The number of nitro groups is 1. The second-order valence-corrected chi connectivity index (χ2v) is 4.70. The van der Waals surface area contributed by atoms with Crippen LogP contribution in [-0.2, 0) is 6.54 Å². The maximum atomic E-state index is 11.9. The molecule has 1 aromatic heterocycles. The molecule has 3 rings (SSSR count). The molecule has 0 spiro atoms. The molecular weight excluding hydrogens is 284 g/mol. The first-order valence-corrected chi connectivity index (χ1v) is 6.64. The van der Waals surface area contributed by atoms with E-state index in [4.69, 9.17) is 4.42 Å². The summed E-state index contributed by atoms with van der Waals surface area (Å²) >= 11 is 0. The number of nitrogens with zero attached hydrogens (tertiary/aromatic N) is 2. The molecule has 0 unspecified atom stereocenters. The van der Waals surface area contributed by atoms with Gasteiger partial charge in [0.2, 0.25) is 0 Å². The number of non-ortho nitro benzene ring substituents is 1. The molecule has 6 nitrogen and oxygen atoms in total. The van der Waals surface area contributed by atoms with Crippen LogP contribution in [-0.4, -0.2) is 9.49 Å². The molecule has 0 N–H and O–H groups in total. The summed E-state index contributed by atoms with van der Waals surface area (Å²) in [5, 5.41) is 10.8. The number of rotatable bonds is 4. The molecule has 0 aliphatic carbocycles. The number of hydrogen-bond acceptors (Lipinski definition) is 4. The molecule has 110 valence electrons. The number of benzene rings is 2. The van der Waals surface area contributed by atoms with Gasteiger partial charge in [-0.3, -0.25) is 14.7 Å². The van der Waals surface area contributed by atoms with Gasteiger partial charge in [0.25, 0.3) is 5.69 Å². The monoisotopic (exact) mass is 296 g/mol. The van der Waals surface area contributed by atoms with Crippen LogP contribution in [0.2, 0.25) is 0 Å². The van der Waals surface area contributed by atoms with Gasteiger partial charge in [-0.1, -0.05) is 42.5 Å². The second-order valence-electron chi connectivity index (χ2n) is 4.70. The fourth-order valence-electron chi connectivity index (χ4n) is 2.20.